The van der Waals surface area contributed by atoms with Crippen molar-refractivity contribution in [2.24, 2.45) is 5.92 Å². The first-order valence-corrected chi connectivity index (χ1v) is 5.63. The van der Waals surface area contributed by atoms with Gasteiger partial charge in [0, 0.05) is 5.92 Å². The lowest BCUT2D eigenvalue weighted by Crippen LogP contribution is -2.43. The van der Waals surface area contributed by atoms with Gasteiger partial charge in [-0.2, -0.15) is 0 Å². The van der Waals surface area contributed by atoms with Gasteiger partial charge in [0.25, 0.3) is 0 Å². The summed E-state index contributed by atoms with van der Waals surface area (Å²) in [5.41, 5.74) is -1.97. The van der Waals surface area contributed by atoms with Crippen molar-refractivity contribution in [1.29, 1.82) is 0 Å². The van der Waals surface area contributed by atoms with Crippen molar-refractivity contribution < 1.29 is 19.4 Å². The number of hydrogen-bond donors (Lipinski definition) is 1. The zero-order valence-corrected chi connectivity index (χ0v) is 9.02. The molecule has 1 heterocycles. The summed E-state index contributed by atoms with van der Waals surface area (Å²) >= 11 is 0. The van der Waals surface area contributed by atoms with Crippen LogP contribution in [0.2, 0.25) is 0 Å². The van der Waals surface area contributed by atoms with Crippen molar-refractivity contribution in [3.63, 3.8) is 0 Å². The minimum atomic E-state index is -1.97. The summed E-state index contributed by atoms with van der Waals surface area (Å²) in [5.74, 6) is -1.69. The smallest absolute Gasteiger partial charge is 0.394 e. The molecule has 1 aromatic rings. The Hall–Kier alpha value is -1.29. The van der Waals surface area contributed by atoms with E-state index in [1.165, 1.54) is 12.3 Å². The molecule has 0 aromatic carbocycles. The third-order valence-corrected chi connectivity index (χ3v) is 3.40. The molecule has 0 spiro atoms. The van der Waals surface area contributed by atoms with E-state index in [1.807, 2.05) is 0 Å². The summed E-state index contributed by atoms with van der Waals surface area (Å²) in [5, 5.41) is 21.5. The predicted octanol–water partition coefficient (Wildman–Crippen LogP) is 2.00. The van der Waals surface area contributed by atoms with Gasteiger partial charge in [0.1, 0.15) is 5.76 Å². The van der Waals surface area contributed by atoms with Crippen LogP contribution in [0.25, 0.3) is 0 Å². The highest BCUT2D eigenvalue weighted by Gasteiger charge is 2.49. The van der Waals surface area contributed by atoms with Crippen molar-refractivity contribution in [1.82, 2.24) is 0 Å². The first kappa shape index (κ1) is 11.2. The second-order valence-corrected chi connectivity index (χ2v) is 4.37. The van der Waals surface area contributed by atoms with Crippen LogP contribution in [-0.4, -0.2) is 11.1 Å². The lowest BCUT2D eigenvalue weighted by atomic mass is 9.75. The van der Waals surface area contributed by atoms with Crippen molar-refractivity contribution in [3.8, 4) is 0 Å². The van der Waals surface area contributed by atoms with Crippen LogP contribution in [0, 0.1) is 5.92 Å². The van der Waals surface area contributed by atoms with E-state index >= 15 is 0 Å². The Kier molecular flexibility index (Phi) is 3.01. The van der Waals surface area contributed by atoms with E-state index in [-0.39, 0.29) is 11.7 Å². The van der Waals surface area contributed by atoms with Crippen molar-refractivity contribution in [2.45, 2.75) is 37.7 Å². The quantitative estimate of drug-likeness (QED) is 0.852. The maximum Gasteiger partial charge on any atom is 0.394 e. The van der Waals surface area contributed by atoms with Crippen LogP contribution >= 0.6 is 0 Å². The molecule has 1 unspecified atom stereocenters. The molecule has 0 aliphatic heterocycles. The van der Waals surface area contributed by atoms with E-state index in [2.05, 4.69) is 0 Å². The molecule has 4 nitrogen and oxygen atoms in total. The van der Waals surface area contributed by atoms with E-state index in [1.54, 1.807) is 6.07 Å². The number of aliphatic hydroxyl groups is 1. The average Bonchev–Trinajstić information content (AvgIpc) is 2.82. The van der Waals surface area contributed by atoms with Gasteiger partial charge in [0.15, 0.2) is 0 Å². The van der Waals surface area contributed by atoms with Gasteiger partial charge in [0.2, 0.25) is 5.60 Å². The van der Waals surface area contributed by atoms with Crippen LogP contribution in [0.3, 0.4) is 0 Å². The van der Waals surface area contributed by atoms with Crippen molar-refractivity contribution >= 4 is 5.97 Å². The fourth-order valence-electron chi connectivity index (χ4n) is 2.48. The van der Waals surface area contributed by atoms with E-state index in [9.17, 15) is 15.0 Å². The van der Waals surface area contributed by atoms with Gasteiger partial charge in [-0.25, -0.2) is 9.90 Å². The predicted molar refractivity (Wildman–Crippen MR) is 54.9 cm³/mol. The summed E-state index contributed by atoms with van der Waals surface area (Å²) < 4.78 is 5.04. The third kappa shape index (κ3) is 1.73. The minimum Gasteiger partial charge on any atom is -0.466 e. The Morgan fingerprint density at radius 3 is 2.56 bits per heavy atom. The highest BCUT2D eigenvalue weighted by molar-refractivity contribution is 5.78. The molecule has 1 aliphatic carbocycles. The monoisotopic (exact) mass is 223 g/mol. The summed E-state index contributed by atoms with van der Waals surface area (Å²) in [6.07, 6.45) is 5.75. The lowest BCUT2D eigenvalue weighted by molar-refractivity contribution is -0.178. The molecule has 1 N–H and O–H groups in total. The zero-order valence-electron chi connectivity index (χ0n) is 9.02. The number of carbonyl (C=O) groups excluding carboxylic acids is 1. The normalized spacial score (nSPS) is 21.6. The fraction of sp³-hybridized carbons (Fsp3) is 0.583. The third-order valence-electron chi connectivity index (χ3n) is 3.40. The topological polar surface area (TPSA) is 70.3 Å². The Morgan fingerprint density at radius 1 is 1.38 bits per heavy atom. The first-order valence-electron chi connectivity index (χ1n) is 5.63. The molecule has 0 amide bonds. The standard InChI is InChI=1S/C12H15O4/c13-11(14)12(15,10-7-4-8-16-10)9-5-2-1-3-6-9/h4,7-9,15H,1-3,5-6H2. The maximum atomic E-state index is 11.2. The van der Waals surface area contributed by atoms with E-state index in [0.717, 1.165) is 19.3 Å². The van der Waals surface area contributed by atoms with Crippen LogP contribution in [0.5, 0.6) is 0 Å². The Labute approximate surface area is 93.9 Å². The molecule has 0 saturated heterocycles. The van der Waals surface area contributed by atoms with E-state index in [4.69, 9.17) is 4.42 Å². The van der Waals surface area contributed by atoms with Crippen LogP contribution in [0.4, 0.5) is 0 Å². The van der Waals surface area contributed by atoms with Crippen LogP contribution in [0.1, 0.15) is 37.9 Å². The van der Waals surface area contributed by atoms with Gasteiger partial charge in [-0.3, -0.25) is 0 Å². The van der Waals surface area contributed by atoms with Gasteiger partial charge in [-0.1, -0.05) is 19.3 Å². The second kappa shape index (κ2) is 4.29. The largest absolute Gasteiger partial charge is 0.466 e. The second-order valence-electron chi connectivity index (χ2n) is 4.37. The number of hydrogen-bond acceptors (Lipinski definition) is 3. The van der Waals surface area contributed by atoms with Gasteiger partial charge < -0.3 is 9.52 Å². The number of carbonyl (C=O) groups is 1. The van der Waals surface area contributed by atoms with E-state index < -0.39 is 11.6 Å². The van der Waals surface area contributed by atoms with Gasteiger partial charge in [0.05, 0.1) is 6.26 Å². The minimum absolute atomic E-state index is 0.0828. The van der Waals surface area contributed by atoms with Crippen molar-refractivity contribution in [2.75, 3.05) is 0 Å². The fourth-order valence-corrected chi connectivity index (χ4v) is 2.48. The Balaban J connectivity index is 2.31. The summed E-state index contributed by atoms with van der Waals surface area (Å²) in [6.45, 7) is 0. The molecule has 1 atom stereocenters. The highest BCUT2D eigenvalue weighted by atomic mass is 16.4. The number of furan rings is 1. The number of rotatable bonds is 3. The molecule has 2 rings (SSSR count). The molecule has 1 saturated carbocycles. The molecule has 16 heavy (non-hydrogen) atoms. The highest BCUT2D eigenvalue weighted by Crippen LogP contribution is 2.39. The molecule has 1 radical (unpaired) electrons. The average molecular weight is 223 g/mol. The van der Waals surface area contributed by atoms with Gasteiger partial charge in [-0.05, 0) is 25.0 Å². The van der Waals surface area contributed by atoms with Crippen LogP contribution in [-0.2, 0) is 15.5 Å². The Morgan fingerprint density at radius 2 is 2.06 bits per heavy atom. The molecule has 1 aromatic heterocycles. The van der Waals surface area contributed by atoms with Crippen LogP contribution in [0.15, 0.2) is 22.8 Å². The molecule has 0 bridgehead atoms. The molecular formula is C12H15O4. The summed E-state index contributed by atoms with van der Waals surface area (Å²) in [4.78, 5) is 11.2. The van der Waals surface area contributed by atoms with Gasteiger partial charge >= 0.3 is 5.97 Å². The van der Waals surface area contributed by atoms with Gasteiger partial charge in [-0.15, -0.1) is 0 Å². The van der Waals surface area contributed by atoms with Crippen molar-refractivity contribution in [3.05, 3.63) is 24.2 Å². The molecule has 4 heteroatoms. The zero-order chi connectivity index (χ0) is 11.6. The van der Waals surface area contributed by atoms with Crippen LogP contribution < -0.4 is 0 Å². The maximum absolute atomic E-state index is 11.2. The first-order chi connectivity index (χ1) is 7.65. The van der Waals surface area contributed by atoms with E-state index in [0.29, 0.717) is 12.8 Å². The lowest BCUT2D eigenvalue weighted by Gasteiger charge is -2.32. The Bertz CT molecular complexity index is 351. The molecule has 1 aliphatic rings. The SMILES string of the molecule is [O]C(=O)C(O)(c1ccco1)C1CCCCC1. The summed E-state index contributed by atoms with van der Waals surface area (Å²) in [6, 6.07) is 3.07. The molecule has 87 valence electrons. The summed E-state index contributed by atoms with van der Waals surface area (Å²) in [7, 11) is 0. The molecule has 1 fully saturated rings. The molecular weight excluding hydrogens is 208 g/mol.